The van der Waals surface area contributed by atoms with E-state index in [1.54, 1.807) is 0 Å². The maximum atomic E-state index is 13.0. The van der Waals surface area contributed by atoms with Gasteiger partial charge in [-0.05, 0) is 70.6 Å². The van der Waals surface area contributed by atoms with E-state index in [0.29, 0.717) is 17.4 Å². The fourth-order valence-corrected chi connectivity index (χ4v) is 14.1. The number of carbonyl (C=O) groups excluding carboxylic acids is 2. The molecule has 0 saturated carbocycles. The third-order valence-corrected chi connectivity index (χ3v) is 21.2. The van der Waals surface area contributed by atoms with Gasteiger partial charge in [-0.15, -0.1) is 0 Å². The van der Waals surface area contributed by atoms with Gasteiger partial charge in [-0.25, -0.2) is 4.79 Å². The molecular weight excluding hydrogens is 1320 g/mol. The van der Waals surface area contributed by atoms with Gasteiger partial charge < -0.3 is 28.5 Å². The highest BCUT2D eigenvalue weighted by Crippen LogP contribution is 2.21. The fraction of sp³-hybridized carbons (Fsp3) is 0.827. The summed E-state index contributed by atoms with van der Waals surface area (Å²) in [5, 5.41) is 9.80. The van der Waals surface area contributed by atoms with Gasteiger partial charge in [-0.2, -0.15) is 0 Å². The molecule has 0 fully saturated rings. The molecule has 0 radical (unpaired) electrons. The molecule has 0 heterocycles. The van der Waals surface area contributed by atoms with E-state index in [-0.39, 0.29) is 38.2 Å². The van der Waals surface area contributed by atoms with Crippen molar-refractivity contribution in [3.63, 3.8) is 0 Å². The molecule has 2 unspecified atom stereocenters. The van der Waals surface area contributed by atoms with Crippen molar-refractivity contribution in [2.45, 2.75) is 476 Å². The van der Waals surface area contributed by atoms with Gasteiger partial charge in [-0.1, -0.05) is 465 Å². The second-order valence-corrected chi connectivity index (χ2v) is 33.0. The molecule has 1 N–H and O–H groups in total. The molecule has 107 heavy (non-hydrogen) atoms. The summed E-state index contributed by atoms with van der Waals surface area (Å²) in [6.45, 7) is 4.84. The maximum Gasteiger partial charge on any atom is 0.361 e. The van der Waals surface area contributed by atoms with Crippen molar-refractivity contribution in [3.05, 3.63) is 85.1 Å². The molecule has 9 nitrogen and oxygen atoms in total. The molecule has 0 amide bonds. The topological polar surface area (TPSA) is 108 Å². The number of hydrogen-bond donors (Lipinski definition) is 1. The molecule has 0 aromatic heterocycles. The Morgan fingerprint density at radius 2 is 0.533 bits per heavy atom. The first-order chi connectivity index (χ1) is 52.6. The number of ether oxygens (including phenoxy) is 4. The van der Waals surface area contributed by atoms with E-state index in [0.717, 1.165) is 83.5 Å². The Balaban J connectivity index is 3.90. The minimum Gasteiger partial charge on any atom is -0.477 e. The number of carbonyl (C=O) groups is 3. The minimum atomic E-state index is -1.51. The Kier molecular flexibility index (Phi) is 85.1. The number of carboxylic acids is 1. The Morgan fingerprint density at radius 1 is 0.290 bits per heavy atom. The number of nitrogens with zero attached hydrogens (tertiary/aromatic N) is 1. The molecule has 0 aliphatic rings. The number of esters is 2. The van der Waals surface area contributed by atoms with Gasteiger partial charge in [0.15, 0.2) is 6.10 Å². The van der Waals surface area contributed by atoms with Crippen LogP contribution in [0.1, 0.15) is 463 Å². The monoisotopic (exact) mass is 1500 g/mol. The number of likely N-dealkylation sites (N-methyl/N-ethyl adjacent to an activating group) is 1. The van der Waals surface area contributed by atoms with Crippen LogP contribution < -0.4 is 0 Å². The number of carboxylic acid groups (broad SMARTS) is 1. The van der Waals surface area contributed by atoms with Gasteiger partial charge in [0.2, 0.25) is 0 Å². The Labute approximate surface area is 665 Å². The maximum absolute atomic E-state index is 13.0. The average molecular weight is 1500 g/mol. The summed E-state index contributed by atoms with van der Waals surface area (Å²) in [6, 6.07) is 0. The van der Waals surface area contributed by atoms with Gasteiger partial charge in [0.1, 0.15) is 13.2 Å². The molecule has 0 aliphatic heterocycles. The molecule has 0 saturated heterocycles. The Hall–Kier alpha value is -3.53. The Bertz CT molecular complexity index is 2050. The van der Waals surface area contributed by atoms with Gasteiger partial charge in [0.25, 0.3) is 6.29 Å². The van der Waals surface area contributed by atoms with E-state index < -0.39 is 18.4 Å². The molecule has 624 valence electrons. The van der Waals surface area contributed by atoms with Crippen molar-refractivity contribution >= 4 is 17.9 Å². The smallest absolute Gasteiger partial charge is 0.361 e. The van der Waals surface area contributed by atoms with Crippen molar-refractivity contribution in [3.8, 4) is 0 Å². The van der Waals surface area contributed by atoms with Crippen LogP contribution in [0.3, 0.4) is 0 Å². The zero-order chi connectivity index (χ0) is 77.4. The van der Waals surface area contributed by atoms with Crippen LogP contribution in [-0.4, -0.2) is 87.4 Å². The van der Waals surface area contributed by atoms with E-state index in [4.69, 9.17) is 18.9 Å². The summed E-state index contributed by atoms with van der Waals surface area (Å²) in [7, 11) is 6.00. The zero-order valence-electron chi connectivity index (χ0n) is 71.8. The third-order valence-electron chi connectivity index (χ3n) is 21.2. The van der Waals surface area contributed by atoms with Crippen molar-refractivity contribution in [2.24, 2.45) is 0 Å². The zero-order valence-corrected chi connectivity index (χ0v) is 71.8. The van der Waals surface area contributed by atoms with Crippen molar-refractivity contribution in [1.29, 1.82) is 0 Å². The standard InChI is InChI=1S/C98H179NO8/c1-6-8-10-12-14-16-18-20-22-24-26-28-30-32-34-36-38-40-42-44-46-48-50-52-54-56-58-60-62-64-66-68-70-72-74-76-78-80-82-84-86-88-95(100)105-92-94(93-106-98(97(102)103)104-91-90-99(3,4)5)107-96(101)89-87-85-83-81-79-77-75-73-71-69-67-65-63-61-59-57-55-53-51-49-47-45-43-41-39-37-35-33-31-29-27-25-23-21-19-17-15-13-11-9-7-2/h9,11,15,17,21,23,27,29,33,35,39,41,45,47,94,98H,6-8,10,12-14,16,18-20,22,24-26,28,30-32,34,36-38,40,42-44,46,48-93H2,1-5H3/p+1/b11-9-,17-15-,23-21-,29-27-,35-33-,41-39-,47-45-. The van der Waals surface area contributed by atoms with Gasteiger partial charge in [-0.3, -0.25) is 9.59 Å². The van der Waals surface area contributed by atoms with Crippen LogP contribution >= 0.6 is 0 Å². The number of hydrogen-bond acceptors (Lipinski definition) is 7. The summed E-state index contributed by atoms with van der Waals surface area (Å²) in [5.41, 5.74) is 0. The lowest BCUT2D eigenvalue weighted by Crippen LogP contribution is -2.40. The van der Waals surface area contributed by atoms with Crippen LogP contribution in [0, 0.1) is 0 Å². The van der Waals surface area contributed by atoms with E-state index in [1.807, 2.05) is 21.1 Å². The first-order valence-electron chi connectivity index (χ1n) is 46.8. The predicted molar refractivity (Wildman–Crippen MR) is 466 cm³/mol. The van der Waals surface area contributed by atoms with Crippen LogP contribution in [0.2, 0.25) is 0 Å². The molecule has 0 aromatic rings. The quantitative estimate of drug-likeness (QED) is 0.0211. The lowest BCUT2D eigenvalue weighted by Gasteiger charge is -2.25. The van der Waals surface area contributed by atoms with E-state index in [1.165, 1.54) is 353 Å². The number of allylic oxidation sites excluding steroid dienone is 14. The summed E-state index contributed by atoms with van der Waals surface area (Å²) >= 11 is 0. The number of quaternary nitrogens is 1. The van der Waals surface area contributed by atoms with Gasteiger partial charge in [0.05, 0.1) is 34.4 Å². The van der Waals surface area contributed by atoms with Gasteiger partial charge >= 0.3 is 17.9 Å². The van der Waals surface area contributed by atoms with E-state index in [2.05, 4.69) is 98.9 Å². The van der Waals surface area contributed by atoms with Crippen LogP contribution in [0.15, 0.2) is 85.1 Å². The third kappa shape index (κ3) is 89.6. The van der Waals surface area contributed by atoms with Gasteiger partial charge in [0, 0.05) is 12.8 Å². The second kappa shape index (κ2) is 88.0. The minimum absolute atomic E-state index is 0.177. The van der Waals surface area contributed by atoms with Crippen LogP contribution in [-0.2, 0) is 33.3 Å². The van der Waals surface area contributed by atoms with Crippen LogP contribution in [0.25, 0.3) is 0 Å². The summed E-state index contributed by atoms with van der Waals surface area (Å²) in [6.07, 6.45) is 120. The summed E-state index contributed by atoms with van der Waals surface area (Å²) in [5.74, 6) is -1.97. The molecule has 9 heteroatoms. The van der Waals surface area contributed by atoms with E-state index >= 15 is 0 Å². The fourth-order valence-electron chi connectivity index (χ4n) is 14.1. The predicted octanol–water partition coefficient (Wildman–Crippen LogP) is 30.8. The molecule has 0 bridgehead atoms. The Morgan fingerprint density at radius 3 is 0.794 bits per heavy atom. The van der Waals surface area contributed by atoms with Crippen molar-refractivity contribution < 1.29 is 42.9 Å². The van der Waals surface area contributed by atoms with Crippen molar-refractivity contribution in [2.75, 3.05) is 47.5 Å². The molecule has 2 atom stereocenters. The van der Waals surface area contributed by atoms with Crippen LogP contribution in [0.5, 0.6) is 0 Å². The summed E-state index contributed by atoms with van der Waals surface area (Å²) in [4.78, 5) is 37.9. The molecule has 0 aromatic carbocycles. The summed E-state index contributed by atoms with van der Waals surface area (Å²) < 4.78 is 23.1. The highest BCUT2D eigenvalue weighted by molar-refractivity contribution is 5.71. The molecule has 0 aliphatic carbocycles. The first-order valence-corrected chi connectivity index (χ1v) is 46.8. The molecular formula is C98H180NO8+. The first kappa shape index (κ1) is 103. The molecule has 0 rings (SSSR count). The van der Waals surface area contributed by atoms with Crippen molar-refractivity contribution in [1.82, 2.24) is 0 Å². The number of rotatable bonds is 88. The normalized spacial score (nSPS) is 12.9. The lowest BCUT2D eigenvalue weighted by atomic mass is 10.0. The highest BCUT2D eigenvalue weighted by atomic mass is 16.7. The second-order valence-electron chi connectivity index (χ2n) is 33.0. The van der Waals surface area contributed by atoms with E-state index in [9.17, 15) is 19.5 Å². The lowest BCUT2D eigenvalue weighted by molar-refractivity contribution is -0.870. The highest BCUT2D eigenvalue weighted by Gasteiger charge is 2.25. The molecule has 0 spiro atoms. The number of aliphatic carboxylic acids is 1. The SMILES string of the molecule is CC/C=C\C/C=C\C/C=C\C/C=C\C/C=C\C/C=C\C/C=C\CCCCCCCCCCCCCCCCCCCCCC(=O)OC(COC(=O)CCCCCCCCCCCCCCCCCCCCCCCCCCCCCCCCCCCCCCCCCCC)COC(OCC[N+](C)(C)C)C(=O)O. The number of unbranched alkanes of at least 4 members (excludes halogenated alkanes) is 59. The largest absolute Gasteiger partial charge is 0.477 e. The van der Waals surface area contributed by atoms with Crippen LogP contribution in [0.4, 0.5) is 0 Å². The average Bonchev–Trinajstić information content (AvgIpc) is 0.965.